The quantitative estimate of drug-likeness (QED) is 0.215. The molecule has 11 nitrogen and oxygen atoms in total. The Morgan fingerprint density at radius 1 is 1.13 bits per heavy atom. The normalized spacial score (nSPS) is 11.7. The lowest BCUT2D eigenvalue weighted by atomic mass is 10.1. The summed E-state index contributed by atoms with van der Waals surface area (Å²) in [5, 5.41) is 8.96. The van der Waals surface area contributed by atoms with Crippen LogP contribution < -0.4 is 30.7 Å². The number of aromatic nitrogens is 2. The number of para-hydroxylation sites is 2. The molecule has 13 heteroatoms. The number of carbonyl (C=O) groups is 1. The lowest BCUT2D eigenvalue weighted by molar-refractivity contribution is -0.115. The van der Waals surface area contributed by atoms with Gasteiger partial charge in [-0.15, -0.1) is 0 Å². The summed E-state index contributed by atoms with van der Waals surface area (Å²) in [5.74, 6) is 0.334. The number of anilines is 5. The van der Waals surface area contributed by atoms with Crippen molar-refractivity contribution in [3.63, 3.8) is 0 Å². The zero-order chi connectivity index (χ0) is 27.2. The summed E-state index contributed by atoms with van der Waals surface area (Å²) in [6, 6.07) is 16.9. The number of fused-ring (bicyclic) bond motifs is 1. The highest BCUT2D eigenvalue weighted by molar-refractivity contribution is 7.81. The molecule has 0 aliphatic rings. The van der Waals surface area contributed by atoms with E-state index in [2.05, 4.69) is 25.9 Å². The van der Waals surface area contributed by atoms with Gasteiger partial charge in [0.05, 0.1) is 52.4 Å². The van der Waals surface area contributed by atoms with E-state index in [1.165, 1.54) is 13.2 Å². The smallest absolute Gasteiger partial charge is 0.238 e. The Hall–Kier alpha value is -3.81. The molecule has 1 unspecified atom stereocenters. The van der Waals surface area contributed by atoms with Crippen LogP contribution in [0.3, 0.4) is 0 Å². The third-order valence-electron chi connectivity index (χ3n) is 5.47. The number of nitrogens with two attached hydrogens (primary N) is 1. The third-order valence-corrected chi connectivity index (χ3v) is 6.46. The highest BCUT2D eigenvalue weighted by Crippen LogP contribution is 2.38. The van der Waals surface area contributed by atoms with Gasteiger partial charge in [-0.2, -0.15) is 0 Å². The molecule has 1 heterocycles. The monoisotopic (exact) mass is 554 g/mol. The van der Waals surface area contributed by atoms with Gasteiger partial charge in [0.2, 0.25) is 5.91 Å². The molecule has 0 fully saturated rings. The van der Waals surface area contributed by atoms with Crippen LogP contribution in [0.25, 0.3) is 11.0 Å². The van der Waals surface area contributed by atoms with Crippen LogP contribution in [0.15, 0.2) is 60.7 Å². The van der Waals surface area contributed by atoms with Gasteiger partial charge in [-0.05, 0) is 49.0 Å². The molecule has 4 rings (SSSR count). The molecule has 198 valence electrons. The van der Waals surface area contributed by atoms with E-state index in [0.717, 1.165) is 4.31 Å². The number of benzene rings is 3. The molecule has 0 aliphatic heterocycles. The minimum atomic E-state index is -2.86. The van der Waals surface area contributed by atoms with E-state index in [-0.39, 0.29) is 36.3 Å². The van der Waals surface area contributed by atoms with Crippen molar-refractivity contribution in [1.82, 2.24) is 15.3 Å². The van der Waals surface area contributed by atoms with Crippen LogP contribution in [0.2, 0.25) is 5.02 Å². The molecule has 0 spiro atoms. The van der Waals surface area contributed by atoms with Crippen molar-refractivity contribution in [2.75, 3.05) is 35.6 Å². The van der Waals surface area contributed by atoms with Gasteiger partial charge in [0.1, 0.15) is 5.75 Å². The molecule has 0 saturated heterocycles. The molecule has 1 amide bonds. The highest BCUT2D eigenvalue weighted by Gasteiger charge is 2.23. The maximum Gasteiger partial charge on any atom is 0.238 e. The van der Waals surface area contributed by atoms with E-state index >= 15 is 0 Å². The van der Waals surface area contributed by atoms with Crippen molar-refractivity contribution in [2.45, 2.75) is 6.54 Å². The van der Waals surface area contributed by atoms with Gasteiger partial charge in [-0.3, -0.25) is 13.3 Å². The minimum absolute atomic E-state index is 0.0238. The molecule has 0 saturated carbocycles. The van der Waals surface area contributed by atoms with Crippen molar-refractivity contribution >= 4 is 68.5 Å². The number of rotatable bonds is 10. The van der Waals surface area contributed by atoms with Crippen LogP contribution in [-0.4, -0.2) is 45.3 Å². The number of carbonyl (C=O) groups excluding carboxylic acids is 1. The maximum absolute atomic E-state index is 12.8. The zero-order valence-electron chi connectivity index (χ0n) is 20.5. The zero-order valence-corrected chi connectivity index (χ0v) is 22.1. The number of hydrogen-bond acceptors (Lipinski definition) is 9. The molecule has 0 aliphatic carbocycles. The number of nitrogens with zero attached hydrogens (tertiary/aromatic N) is 3. The topological polar surface area (TPSA) is 158 Å². The largest absolute Gasteiger partial charge is 0.755 e. The Bertz CT molecular complexity index is 1500. The van der Waals surface area contributed by atoms with E-state index in [1.807, 2.05) is 0 Å². The number of halogens is 1. The van der Waals surface area contributed by atoms with E-state index in [9.17, 15) is 13.6 Å². The minimum Gasteiger partial charge on any atom is -0.755 e. The summed E-state index contributed by atoms with van der Waals surface area (Å²) in [5.41, 5.74) is 8.47. The van der Waals surface area contributed by atoms with Crippen molar-refractivity contribution in [3.8, 4) is 5.75 Å². The summed E-state index contributed by atoms with van der Waals surface area (Å²) in [6.45, 7) is 0.107. The number of amides is 1. The summed E-state index contributed by atoms with van der Waals surface area (Å²) in [4.78, 5) is 21.4. The molecule has 1 atom stereocenters. The van der Waals surface area contributed by atoms with Gasteiger partial charge in [0.15, 0.2) is 11.6 Å². The first-order valence-electron chi connectivity index (χ1n) is 11.4. The predicted octanol–water partition coefficient (Wildman–Crippen LogP) is 3.58. The molecular weight excluding hydrogens is 530 g/mol. The maximum atomic E-state index is 12.8. The number of hydrogen-bond donors (Lipinski definition) is 4. The van der Waals surface area contributed by atoms with E-state index < -0.39 is 11.3 Å². The van der Waals surface area contributed by atoms with Crippen LogP contribution >= 0.6 is 11.6 Å². The van der Waals surface area contributed by atoms with E-state index in [1.54, 1.807) is 61.6 Å². The first-order valence-corrected chi connectivity index (χ1v) is 12.8. The van der Waals surface area contributed by atoms with Gasteiger partial charge in [-0.1, -0.05) is 29.8 Å². The van der Waals surface area contributed by atoms with Crippen molar-refractivity contribution < 1.29 is 18.3 Å². The molecule has 3 aromatic carbocycles. The second-order valence-corrected chi connectivity index (χ2v) is 9.20. The summed E-state index contributed by atoms with van der Waals surface area (Å²) in [6.07, 6.45) is 0. The van der Waals surface area contributed by atoms with Gasteiger partial charge in [0.25, 0.3) is 0 Å². The Labute approximate surface area is 226 Å². The van der Waals surface area contributed by atoms with Crippen LogP contribution in [0, 0.1) is 0 Å². The summed E-state index contributed by atoms with van der Waals surface area (Å²) in [7, 11) is 3.17. The van der Waals surface area contributed by atoms with Crippen LogP contribution in [0.5, 0.6) is 5.75 Å². The molecule has 4 aromatic rings. The first kappa shape index (κ1) is 27.2. The van der Waals surface area contributed by atoms with Crippen LogP contribution in [-0.2, 0) is 22.6 Å². The fraction of sp³-hybridized carbons (Fsp3) is 0.160. The van der Waals surface area contributed by atoms with Gasteiger partial charge >= 0.3 is 0 Å². The average Bonchev–Trinajstić information content (AvgIpc) is 2.90. The van der Waals surface area contributed by atoms with Crippen molar-refractivity contribution in [2.24, 2.45) is 5.73 Å². The molecule has 5 N–H and O–H groups in total. The lowest BCUT2D eigenvalue weighted by Gasteiger charge is -2.29. The number of methoxy groups -OCH3 is 1. The van der Waals surface area contributed by atoms with Crippen molar-refractivity contribution in [3.05, 3.63) is 71.2 Å². The van der Waals surface area contributed by atoms with Gasteiger partial charge in [-0.25, -0.2) is 9.97 Å². The van der Waals surface area contributed by atoms with Crippen LogP contribution in [0.4, 0.5) is 28.7 Å². The Kier molecular flexibility index (Phi) is 8.71. The number of likely N-dealkylation sites (N-methyl/N-ethyl adjacent to an activating group) is 1. The Morgan fingerprint density at radius 3 is 2.53 bits per heavy atom. The second kappa shape index (κ2) is 12.2. The Morgan fingerprint density at radius 2 is 1.87 bits per heavy atom. The van der Waals surface area contributed by atoms with E-state index in [4.69, 9.17) is 22.1 Å². The molecule has 38 heavy (non-hydrogen) atoms. The average molecular weight is 555 g/mol. The summed E-state index contributed by atoms with van der Waals surface area (Å²) < 4.78 is 31.8. The standard InChI is InChI=1S/C25H26ClN7O4S/c1-28-14-23(34)29-16-8-7-15(13-27)22(11-16)33(38(35)36)25-24(30-19-5-3-4-6-20(19)32-25)31-21-12-17(37-2)9-10-18(21)26/h3-12,28H,13-14,27H2,1-2H3,(H,29,34)(H,30,31)(H,35,36)/p-1. The first-order chi connectivity index (χ1) is 18.3. The van der Waals surface area contributed by atoms with Gasteiger partial charge < -0.3 is 31.0 Å². The lowest BCUT2D eigenvalue weighted by Crippen LogP contribution is -2.26. The fourth-order valence-electron chi connectivity index (χ4n) is 3.70. The molecule has 0 bridgehead atoms. The SMILES string of the molecule is CNCC(=O)Nc1ccc(CN)c(N(c2nc3ccccc3nc2Nc2cc(OC)ccc2Cl)S(=O)[O-])c1. The molecule has 0 radical (unpaired) electrons. The van der Waals surface area contributed by atoms with Crippen LogP contribution in [0.1, 0.15) is 5.56 Å². The predicted molar refractivity (Wildman–Crippen MR) is 149 cm³/mol. The van der Waals surface area contributed by atoms with Gasteiger partial charge in [0, 0.05) is 18.3 Å². The third kappa shape index (κ3) is 6.01. The molecular formula is C25H25ClN7O4S-. The highest BCUT2D eigenvalue weighted by atomic mass is 35.5. The number of ether oxygens (including phenoxy) is 1. The molecule has 1 aromatic heterocycles. The Balaban J connectivity index is 1.90. The fourth-order valence-corrected chi connectivity index (χ4v) is 4.47. The second-order valence-electron chi connectivity index (χ2n) is 7.99. The number of nitrogens with one attached hydrogen (secondary N) is 3. The summed E-state index contributed by atoms with van der Waals surface area (Å²) >= 11 is 3.55. The van der Waals surface area contributed by atoms with Crippen molar-refractivity contribution in [1.29, 1.82) is 0 Å². The van der Waals surface area contributed by atoms with E-state index in [0.29, 0.717) is 38.7 Å².